The number of phenolic OH excluding ortho intramolecular Hbond substituents is 1. The van der Waals surface area contributed by atoms with Crippen molar-refractivity contribution in [1.82, 2.24) is 0 Å². The number of Topliss-reactive ketones (excluding diaryl/α,β-unsaturated/α-hetero) is 1. The van der Waals surface area contributed by atoms with Crippen LogP contribution < -0.4 is 0 Å². The second kappa shape index (κ2) is 13.9. The van der Waals surface area contributed by atoms with Crippen molar-refractivity contribution < 1.29 is 23.8 Å². The Bertz CT molecular complexity index is 919. The van der Waals surface area contributed by atoms with Crippen molar-refractivity contribution >= 4 is 11.8 Å². The Kier molecular flexibility index (Phi) is 10.7. The second-order valence-electron chi connectivity index (χ2n) is 12.7. The van der Waals surface area contributed by atoms with Gasteiger partial charge in [0, 0.05) is 6.42 Å². The minimum Gasteiger partial charge on any atom is -0.504 e. The molecule has 0 heterocycles. The highest BCUT2D eigenvalue weighted by atomic mass is 19.1. The highest BCUT2D eigenvalue weighted by Gasteiger charge is 2.34. The maximum absolute atomic E-state index is 13.9. The summed E-state index contributed by atoms with van der Waals surface area (Å²) in [5, 5.41) is 9.95. The number of hydrogen-bond donors (Lipinski definition) is 1. The Morgan fingerprint density at radius 1 is 0.868 bits per heavy atom. The van der Waals surface area contributed by atoms with Crippen LogP contribution in [0.15, 0.2) is 12.1 Å². The average molecular weight is 529 g/mol. The second-order valence-corrected chi connectivity index (χ2v) is 12.7. The number of carbonyl (C=O) groups is 2. The van der Waals surface area contributed by atoms with Crippen LogP contribution in [-0.4, -0.2) is 23.0 Å². The molecule has 0 amide bonds. The maximum Gasteiger partial charge on any atom is 0.309 e. The lowest BCUT2D eigenvalue weighted by Gasteiger charge is -2.37. The lowest BCUT2D eigenvalue weighted by Crippen LogP contribution is -2.32. The van der Waals surface area contributed by atoms with E-state index in [9.17, 15) is 19.1 Å². The molecule has 0 radical (unpaired) electrons. The molecule has 0 spiro atoms. The zero-order chi connectivity index (χ0) is 27.1. The van der Waals surface area contributed by atoms with Crippen LogP contribution in [0.2, 0.25) is 0 Å². The van der Waals surface area contributed by atoms with Gasteiger partial charge in [0.05, 0.1) is 11.5 Å². The lowest BCUT2D eigenvalue weighted by atomic mass is 9.69. The van der Waals surface area contributed by atoms with E-state index in [2.05, 4.69) is 6.92 Å². The first-order chi connectivity index (χ1) is 18.4. The van der Waals surface area contributed by atoms with E-state index >= 15 is 0 Å². The predicted octanol–water partition coefficient (Wildman–Crippen LogP) is 8.71. The Morgan fingerprint density at radius 2 is 1.45 bits per heavy atom. The molecule has 1 N–H and O–H groups in total. The zero-order valence-corrected chi connectivity index (χ0v) is 23.7. The molecular weight excluding hydrogens is 479 g/mol. The number of aromatic hydroxyl groups is 1. The normalized spacial score (nSPS) is 30.1. The highest BCUT2D eigenvalue weighted by Crippen LogP contribution is 2.42. The molecule has 0 aromatic heterocycles. The largest absolute Gasteiger partial charge is 0.504 e. The van der Waals surface area contributed by atoms with Crippen LogP contribution in [-0.2, 0) is 9.53 Å². The molecule has 0 atom stereocenters. The van der Waals surface area contributed by atoms with Crippen molar-refractivity contribution in [2.75, 3.05) is 0 Å². The molecule has 4 rings (SSSR count). The Morgan fingerprint density at radius 3 is 2.08 bits per heavy atom. The van der Waals surface area contributed by atoms with Gasteiger partial charge in [0.2, 0.25) is 0 Å². The molecule has 4 nitrogen and oxygen atoms in total. The summed E-state index contributed by atoms with van der Waals surface area (Å²) >= 11 is 0. The standard InChI is InChI=1S/C33H49FO4/c1-3-5-23-9-13-25(14-10-23)26-15-17-27(18-16-26)33(37)38-28-19-11-24(12-20-28)6-4-7-30(35)29-21-8-22(2)31(34)32(29)36/h8,21,23-28,36H,3-7,9-20H2,1-2H3. The van der Waals surface area contributed by atoms with Gasteiger partial charge in [0.1, 0.15) is 6.10 Å². The number of halogens is 1. The minimum atomic E-state index is -0.707. The first kappa shape index (κ1) is 29.1. The van der Waals surface area contributed by atoms with Crippen LogP contribution in [0.25, 0.3) is 0 Å². The van der Waals surface area contributed by atoms with E-state index < -0.39 is 11.6 Å². The molecule has 38 heavy (non-hydrogen) atoms. The number of ketones is 1. The van der Waals surface area contributed by atoms with Gasteiger partial charge in [-0.25, -0.2) is 4.39 Å². The number of carbonyl (C=O) groups excluding carboxylic acids is 2. The maximum atomic E-state index is 13.9. The van der Waals surface area contributed by atoms with Gasteiger partial charge in [-0.15, -0.1) is 0 Å². The van der Waals surface area contributed by atoms with Crippen molar-refractivity contribution in [3.8, 4) is 5.75 Å². The SMILES string of the molecule is CCCC1CCC(C2CCC(C(=O)OC3CCC(CCCC(=O)c4ccc(C)c(F)c4O)CC3)CC2)CC1. The van der Waals surface area contributed by atoms with Gasteiger partial charge in [-0.3, -0.25) is 9.59 Å². The topological polar surface area (TPSA) is 63.6 Å². The zero-order valence-electron chi connectivity index (χ0n) is 23.7. The molecule has 3 aliphatic rings. The third-order valence-electron chi connectivity index (χ3n) is 10.1. The number of aryl methyl sites for hydroxylation is 1. The molecule has 3 aliphatic carbocycles. The van der Waals surface area contributed by atoms with Crippen LogP contribution in [0, 0.1) is 42.3 Å². The molecule has 212 valence electrons. The quantitative estimate of drug-likeness (QED) is 0.244. The first-order valence-corrected chi connectivity index (χ1v) is 15.6. The van der Waals surface area contributed by atoms with E-state index in [0.717, 1.165) is 69.1 Å². The summed E-state index contributed by atoms with van der Waals surface area (Å²) in [6.07, 6.45) is 18.6. The van der Waals surface area contributed by atoms with E-state index in [1.54, 1.807) is 6.92 Å². The van der Waals surface area contributed by atoms with Crippen LogP contribution in [0.4, 0.5) is 4.39 Å². The number of phenols is 1. The summed E-state index contributed by atoms with van der Waals surface area (Å²) in [7, 11) is 0. The molecule has 1 aromatic rings. The minimum absolute atomic E-state index is 0.0364. The van der Waals surface area contributed by atoms with Gasteiger partial charge in [-0.1, -0.05) is 45.1 Å². The smallest absolute Gasteiger partial charge is 0.309 e. The molecule has 3 saturated carbocycles. The summed E-state index contributed by atoms with van der Waals surface area (Å²) < 4.78 is 19.9. The number of hydrogen-bond acceptors (Lipinski definition) is 4. The van der Waals surface area contributed by atoms with Crippen LogP contribution in [0.5, 0.6) is 5.75 Å². The average Bonchev–Trinajstić information content (AvgIpc) is 2.93. The Hall–Kier alpha value is -1.91. The number of ether oxygens (including phenoxy) is 1. The summed E-state index contributed by atoms with van der Waals surface area (Å²) in [6, 6.07) is 3.05. The summed E-state index contributed by atoms with van der Waals surface area (Å²) in [5.41, 5.74) is 0.418. The van der Waals surface area contributed by atoms with E-state index in [1.807, 2.05) is 0 Å². The molecule has 0 saturated heterocycles. The van der Waals surface area contributed by atoms with Crippen LogP contribution in [0.1, 0.15) is 132 Å². The summed E-state index contributed by atoms with van der Waals surface area (Å²) in [6.45, 7) is 3.87. The van der Waals surface area contributed by atoms with Gasteiger partial charge in [0.25, 0.3) is 0 Å². The number of rotatable bonds is 10. The first-order valence-electron chi connectivity index (χ1n) is 15.6. The molecule has 5 heteroatoms. The highest BCUT2D eigenvalue weighted by molar-refractivity contribution is 5.98. The number of esters is 1. The van der Waals surface area contributed by atoms with Crippen molar-refractivity contribution in [3.05, 3.63) is 29.1 Å². The van der Waals surface area contributed by atoms with E-state index in [0.29, 0.717) is 17.9 Å². The van der Waals surface area contributed by atoms with Crippen molar-refractivity contribution in [2.45, 2.75) is 129 Å². The number of benzene rings is 1. The van der Waals surface area contributed by atoms with Crippen molar-refractivity contribution in [3.63, 3.8) is 0 Å². The fourth-order valence-electron chi connectivity index (χ4n) is 7.56. The van der Waals surface area contributed by atoms with E-state index in [1.165, 1.54) is 63.5 Å². The van der Waals surface area contributed by atoms with Gasteiger partial charge in [-0.05, 0) is 113 Å². The fraction of sp³-hybridized carbons (Fsp3) is 0.758. The van der Waals surface area contributed by atoms with Gasteiger partial charge in [0.15, 0.2) is 17.3 Å². The summed E-state index contributed by atoms with van der Waals surface area (Å²) in [4.78, 5) is 25.4. The summed E-state index contributed by atoms with van der Waals surface area (Å²) in [5.74, 6) is 1.88. The third kappa shape index (κ3) is 7.60. The third-order valence-corrected chi connectivity index (χ3v) is 10.1. The molecule has 0 unspecified atom stereocenters. The van der Waals surface area contributed by atoms with E-state index in [4.69, 9.17) is 4.74 Å². The Labute approximate surface area is 229 Å². The Balaban J connectivity index is 1.10. The monoisotopic (exact) mass is 528 g/mol. The lowest BCUT2D eigenvalue weighted by molar-refractivity contribution is -0.157. The van der Waals surface area contributed by atoms with E-state index in [-0.39, 0.29) is 29.3 Å². The molecule has 1 aromatic carbocycles. The molecule has 0 aliphatic heterocycles. The van der Waals surface area contributed by atoms with Crippen LogP contribution in [0.3, 0.4) is 0 Å². The van der Waals surface area contributed by atoms with Crippen LogP contribution >= 0.6 is 0 Å². The predicted molar refractivity (Wildman–Crippen MR) is 149 cm³/mol. The molecule has 3 fully saturated rings. The van der Waals surface area contributed by atoms with Gasteiger partial charge < -0.3 is 9.84 Å². The van der Waals surface area contributed by atoms with Gasteiger partial charge in [-0.2, -0.15) is 0 Å². The van der Waals surface area contributed by atoms with Crippen molar-refractivity contribution in [2.24, 2.45) is 29.6 Å². The van der Waals surface area contributed by atoms with Gasteiger partial charge >= 0.3 is 5.97 Å². The fourth-order valence-corrected chi connectivity index (χ4v) is 7.56. The van der Waals surface area contributed by atoms with Crippen molar-refractivity contribution in [1.29, 1.82) is 0 Å². The molecule has 0 bridgehead atoms. The molecular formula is C33H49FO4.